The normalized spacial score (nSPS) is 11.1. The number of aromatic nitrogens is 3. The minimum absolute atomic E-state index is 0.198. The van der Waals surface area contributed by atoms with Crippen LogP contribution in [0.15, 0.2) is 59.8 Å². The zero-order valence-corrected chi connectivity index (χ0v) is 16.9. The molecule has 0 spiro atoms. The molecule has 0 unspecified atom stereocenters. The molecule has 1 aromatic heterocycles. The van der Waals surface area contributed by atoms with Crippen LogP contribution < -0.4 is 0 Å². The maximum Gasteiger partial charge on any atom is 0.191 e. The molecule has 27 heavy (non-hydrogen) atoms. The van der Waals surface area contributed by atoms with Gasteiger partial charge in [-0.1, -0.05) is 80.2 Å². The van der Waals surface area contributed by atoms with Gasteiger partial charge in [-0.3, -0.25) is 4.79 Å². The Bertz CT molecular complexity index is 886. The zero-order chi connectivity index (χ0) is 19.2. The molecule has 0 N–H and O–H groups in total. The van der Waals surface area contributed by atoms with E-state index in [-0.39, 0.29) is 5.78 Å². The van der Waals surface area contributed by atoms with Gasteiger partial charge in [0.1, 0.15) is 5.78 Å². The van der Waals surface area contributed by atoms with E-state index in [1.807, 2.05) is 30.3 Å². The number of carbonyl (C=O) groups is 1. The van der Waals surface area contributed by atoms with Crippen LogP contribution in [0.5, 0.6) is 0 Å². The summed E-state index contributed by atoms with van der Waals surface area (Å²) in [5, 5.41) is 9.41. The van der Waals surface area contributed by atoms with Gasteiger partial charge in [0.25, 0.3) is 0 Å². The van der Waals surface area contributed by atoms with Crippen LogP contribution in [0.25, 0.3) is 11.4 Å². The summed E-state index contributed by atoms with van der Waals surface area (Å²) in [6.07, 6.45) is 0.456. The molecule has 3 aromatic rings. The number of benzene rings is 2. The lowest BCUT2D eigenvalue weighted by Crippen LogP contribution is -2.07. The van der Waals surface area contributed by atoms with E-state index in [0.717, 1.165) is 28.7 Å². The Morgan fingerprint density at radius 1 is 1.04 bits per heavy atom. The summed E-state index contributed by atoms with van der Waals surface area (Å²) in [4.78, 5) is 12.4. The molecule has 0 saturated carbocycles. The molecule has 0 atom stereocenters. The smallest absolute Gasteiger partial charge is 0.191 e. The first-order chi connectivity index (χ1) is 13.1. The predicted octanol–water partition coefficient (Wildman–Crippen LogP) is 4.99. The van der Waals surface area contributed by atoms with Gasteiger partial charge in [-0.25, -0.2) is 0 Å². The van der Waals surface area contributed by atoms with Gasteiger partial charge >= 0.3 is 0 Å². The van der Waals surface area contributed by atoms with Crippen molar-refractivity contribution in [3.8, 4) is 11.4 Å². The van der Waals surface area contributed by atoms with Crippen molar-refractivity contribution in [1.82, 2.24) is 14.8 Å². The van der Waals surface area contributed by atoms with E-state index in [1.54, 1.807) is 0 Å². The second-order valence-corrected chi connectivity index (χ2v) is 7.76. The fourth-order valence-corrected chi connectivity index (χ4v) is 3.79. The molecular weight excluding hydrogens is 354 g/mol. The van der Waals surface area contributed by atoms with Crippen molar-refractivity contribution in [3.63, 3.8) is 0 Å². The van der Waals surface area contributed by atoms with Crippen LogP contribution in [-0.4, -0.2) is 26.3 Å². The molecule has 140 valence electrons. The van der Waals surface area contributed by atoms with Crippen molar-refractivity contribution >= 4 is 17.5 Å². The van der Waals surface area contributed by atoms with Gasteiger partial charge in [-0.2, -0.15) is 0 Å². The van der Waals surface area contributed by atoms with Crippen molar-refractivity contribution in [2.24, 2.45) is 0 Å². The summed E-state index contributed by atoms with van der Waals surface area (Å²) >= 11 is 1.46. The van der Waals surface area contributed by atoms with Gasteiger partial charge in [0.15, 0.2) is 11.0 Å². The highest BCUT2D eigenvalue weighted by molar-refractivity contribution is 7.99. The second kappa shape index (κ2) is 9.00. The summed E-state index contributed by atoms with van der Waals surface area (Å²) in [6.45, 7) is 7.18. The maximum absolute atomic E-state index is 12.4. The van der Waals surface area contributed by atoms with Gasteiger partial charge in [-0.05, 0) is 24.0 Å². The van der Waals surface area contributed by atoms with Crippen LogP contribution in [0.1, 0.15) is 37.8 Å². The molecule has 0 fully saturated rings. The summed E-state index contributed by atoms with van der Waals surface area (Å²) < 4.78 is 2.06. The maximum atomic E-state index is 12.4. The van der Waals surface area contributed by atoms with Gasteiger partial charge in [0.05, 0.1) is 5.75 Å². The first kappa shape index (κ1) is 19.4. The highest BCUT2D eigenvalue weighted by Gasteiger charge is 2.14. The third kappa shape index (κ3) is 4.86. The molecule has 4 nitrogen and oxygen atoms in total. The first-order valence-electron chi connectivity index (χ1n) is 9.30. The summed E-state index contributed by atoms with van der Waals surface area (Å²) in [5.74, 6) is 1.95. The molecule has 3 rings (SSSR count). The van der Waals surface area contributed by atoms with Crippen molar-refractivity contribution < 1.29 is 4.79 Å². The molecule has 0 aliphatic rings. The van der Waals surface area contributed by atoms with Crippen molar-refractivity contribution in [2.75, 3.05) is 5.75 Å². The van der Waals surface area contributed by atoms with E-state index in [2.05, 4.69) is 59.8 Å². The van der Waals surface area contributed by atoms with E-state index in [4.69, 9.17) is 0 Å². The monoisotopic (exact) mass is 379 g/mol. The minimum Gasteiger partial charge on any atom is -0.302 e. The van der Waals surface area contributed by atoms with E-state index >= 15 is 0 Å². The molecule has 0 aliphatic heterocycles. The quantitative estimate of drug-likeness (QED) is 0.517. The van der Waals surface area contributed by atoms with Crippen LogP contribution in [0.3, 0.4) is 0 Å². The highest BCUT2D eigenvalue weighted by atomic mass is 32.2. The molecule has 5 heteroatoms. The van der Waals surface area contributed by atoms with Gasteiger partial charge in [0, 0.05) is 18.5 Å². The van der Waals surface area contributed by atoms with Crippen LogP contribution in [-0.2, 0) is 17.8 Å². The Labute approximate surface area is 165 Å². The van der Waals surface area contributed by atoms with E-state index in [9.17, 15) is 4.79 Å². The Morgan fingerprint density at radius 3 is 2.37 bits per heavy atom. The molecule has 0 saturated heterocycles. The lowest BCUT2D eigenvalue weighted by atomic mass is 10.0. The molecule has 0 radical (unpaired) electrons. The van der Waals surface area contributed by atoms with Crippen LogP contribution in [0.4, 0.5) is 0 Å². The SMILES string of the molecule is CCn1c(SCC(=O)Cc2ccc(C(C)C)cc2)nnc1-c1ccccc1. The third-order valence-corrected chi connectivity index (χ3v) is 5.50. The lowest BCUT2D eigenvalue weighted by molar-refractivity contribution is -0.116. The second-order valence-electron chi connectivity index (χ2n) is 6.82. The van der Waals surface area contributed by atoms with Crippen molar-refractivity contribution in [2.45, 2.75) is 44.8 Å². The summed E-state index contributed by atoms with van der Waals surface area (Å²) in [5.41, 5.74) is 3.40. The minimum atomic E-state index is 0.198. The van der Waals surface area contributed by atoms with Crippen LogP contribution in [0.2, 0.25) is 0 Å². The van der Waals surface area contributed by atoms with Gasteiger partial charge in [0.2, 0.25) is 0 Å². The number of thioether (sulfide) groups is 1. The standard InChI is InChI=1S/C22H25N3OS/c1-4-25-21(19-8-6-5-7-9-19)23-24-22(25)27-15-20(26)14-17-10-12-18(13-11-17)16(2)3/h5-13,16H,4,14-15H2,1-3H3. The molecule has 2 aromatic carbocycles. The average Bonchev–Trinajstić information content (AvgIpc) is 3.10. The number of hydrogen-bond donors (Lipinski definition) is 0. The first-order valence-corrected chi connectivity index (χ1v) is 10.3. The lowest BCUT2D eigenvalue weighted by Gasteiger charge is -2.08. The molecule has 0 bridgehead atoms. The molecule has 0 aliphatic carbocycles. The van der Waals surface area contributed by atoms with Crippen LogP contribution >= 0.6 is 11.8 Å². The van der Waals surface area contributed by atoms with E-state index in [1.165, 1.54) is 17.3 Å². The Hall–Kier alpha value is -2.40. The predicted molar refractivity (Wildman–Crippen MR) is 111 cm³/mol. The number of ketones is 1. The Kier molecular flexibility index (Phi) is 6.45. The van der Waals surface area contributed by atoms with Gasteiger partial charge < -0.3 is 4.57 Å². The molecule has 0 amide bonds. The van der Waals surface area contributed by atoms with Crippen LogP contribution in [0, 0.1) is 0 Å². The molecule has 1 heterocycles. The highest BCUT2D eigenvalue weighted by Crippen LogP contribution is 2.24. The van der Waals surface area contributed by atoms with Crippen molar-refractivity contribution in [1.29, 1.82) is 0 Å². The number of hydrogen-bond acceptors (Lipinski definition) is 4. The Morgan fingerprint density at radius 2 is 1.74 bits per heavy atom. The summed E-state index contributed by atoms with van der Waals surface area (Å²) in [6, 6.07) is 18.3. The van der Waals surface area contributed by atoms with Gasteiger partial charge in [-0.15, -0.1) is 10.2 Å². The zero-order valence-electron chi connectivity index (χ0n) is 16.1. The number of rotatable bonds is 8. The van der Waals surface area contributed by atoms with E-state index < -0.39 is 0 Å². The number of Topliss-reactive ketones (excluding diaryl/α,β-unsaturated/α-hetero) is 1. The Balaban J connectivity index is 1.63. The largest absolute Gasteiger partial charge is 0.302 e. The topological polar surface area (TPSA) is 47.8 Å². The fraction of sp³-hybridized carbons (Fsp3) is 0.318. The van der Waals surface area contributed by atoms with E-state index in [0.29, 0.717) is 18.1 Å². The number of nitrogens with zero attached hydrogens (tertiary/aromatic N) is 3. The third-order valence-electron chi connectivity index (χ3n) is 4.47. The molecular formula is C22H25N3OS. The number of carbonyl (C=O) groups excluding carboxylic acids is 1. The van der Waals surface area contributed by atoms with Crippen molar-refractivity contribution in [3.05, 3.63) is 65.7 Å². The average molecular weight is 380 g/mol. The summed E-state index contributed by atoms with van der Waals surface area (Å²) in [7, 11) is 0. The fourth-order valence-electron chi connectivity index (χ4n) is 2.93.